The molecule has 1 heterocycles. The smallest absolute Gasteiger partial charge is 0.282 e. The molecule has 100 valence electrons. The molecule has 0 spiro atoms. The van der Waals surface area contributed by atoms with E-state index in [1.54, 1.807) is 0 Å². The fourth-order valence-electron chi connectivity index (χ4n) is 1.60. The summed E-state index contributed by atoms with van der Waals surface area (Å²) in [5.74, 6) is -0.252. The molecule has 0 aromatic carbocycles. The van der Waals surface area contributed by atoms with Gasteiger partial charge in [0.05, 0.1) is 6.54 Å². The molecule has 3 N–H and O–H groups in total. The zero-order chi connectivity index (χ0) is 12.9. The van der Waals surface area contributed by atoms with E-state index in [1.807, 2.05) is 0 Å². The minimum atomic E-state index is -3.54. The summed E-state index contributed by atoms with van der Waals surface area (Å²) in [7, 11) is -2.03. The van der Waals surface area contributed by atoms with Crippen LogP contribution in [0.2, 0.25) is 0 Å². The van der Waals surface area contributed by atoms with E-state index in [9.17, 15) is 13.2 Å². The van der Waals surface area contributed by atoms with Gasteiger partial charge in [0.1, 0.15) is 0 Å². The van der Waals surface area contributed by atoms with Crippen molar-refractivity contribution in [3.63, 3.8) is 0 Å². The number of rotatable bonds is 5. The molecule has 1 rings (SSSR count). The maximum absolute atomic E-state index is 12.1. The van der Waals surface area contributed by atoms with Gasteiger partial charge in [0.25, 0.3) is 10.2 Å². The van der Waals surface area contributed by atoms with Crippen molar-refractivity contribution in [2.75, 3.05) is 39.8 Å². The van der Waals surface area contributed by atoms with E-state index in [0.717, 1.165) is 0 Å². The van der Waals surface area contributed by atoms with Crippen LogP contribution in [0.5, 0.6) is 0 Å². The van der Waals surface area contributed by atoms with Crippen LogP contribution in [-0.2, 0) is 15.0 Å². The standard InChI is InChI=1S/C9H20N4O3S/c1-12(6-2-4-10)17(15,16)13-7-3-5-11-9(14)8-13/h2-8,10H2,1H3,(H,11,14). The second-order valence-electron chi connectivity index (χ2n) is 4.01. The summed E-state index contributed by atoms with van der Waals surface area (Å²) in [6.45, 7) is 1.61. The molecule has 0 aliphatic carbocycles. The van der Waals surface area contributed by atoms with Crippen molar-refractivity contribution in [3.8, 4) is 0 Å². The van der Waals surface area contributed by atoms with Gasteiger partial charge >= 0.3 is 0 Å². The largest absolute Gasteiger partial charge is 0.355 e. The average Bonchev–Trinajstić information content (AvgIpc) is 2.50. The second kappa shape index (κ2) is 6.29. The van der Waals surface area contributed by atoms with Crippen LogP contribution < -0.4 is 11.1 Å². The Morgan fingerprint density at radius 3 is 2.88 bits per heavy atom. The summed E-state index contributed by atoms with van der Waals surface area (Å²) >= 11 is 0. The first-order valence-electron chi connectivity index (χ1n) is 5.66. The van der Waals surface area contributed by atoms with E-state index in [2.05, 4.69) is 5.32 Å². The molecule has 8 heteroatoms. The lowest BCUT2D eigenvalue weighted by Crippen LogP contribution is -2.45. The summed E-state index contributed by atoms with van der Waals surface area (Å²) in [4.78, 5) is 11.3. The van der Waals surface area contributed by atoms with Crippen molar-refractivity contribution in [1.82, 2.24) is 13.9 Å². The molecule has 7 nitrogen and oxygen atoms in total. The Hall–Kier alpha value is -0.700. The average molecular weight is 264 g/mol. The van der Waals surface area contributed by atoms with Crippen LogP contribution in [0.1, 0.15) is 12.8 Å². The number of amides is 1. The number of nitrogens with one attached hydrogen (secondary N) is 1. The van der Waals surface area contributed by atoms with Gasteiger partial charge in [-0.2, -0.15) is 17.0 Å². The molecular formula is C9H20N4O3S. The quantitative estimate of drug-likeness (QED) is 0.621. The van der Waals surface area contributed by atoms with Crippen molar-refractivity contribution < 1.29 is 13.2 Å². The molecule has 1 aliphatic heterocycles. The molecule has 0 bridgehead atoms. The fourth-order valence-corrected chi connectivity index (χ4v) is 3.00. The van der Waals surface area contributed by atoms with Gasteiger partial charge in [0.2, 0.25) is 5.91 Å². The summed E-state index contributed by atoms with van der Waals surface area (Å²) in [6.07, 6.45) is 1.24. The number of nitrogens with zero attached hydrogens (tertiary/aromatic N) is 2. The highest BCUT2D eigenvalue weighted by Gasteiger charge is 2.29. The Morgan fingerprint density at radius 2 is 2.24 bits per heavy atom. The molecule has 0 atom stereocenters. The molecule has 17 heavy (non-hydrogen) atoms. The van der Waals surface area contributed by atoms with Gasteiger partial charge in [-0.15, -0.1) is 0 Å². The first kappa shape index (κ1) is 14.4. The van der Waals surface area contributed by atoms with Gasteiger partial charge in [-0.3, -0.25) is 4.79 Å². The van der Waals surface area contributed by atoms with Gasteiger partial charge in [-0.25, -0.2) is 0 Å². The Balaban J connectivity index is 2.70. The highest BCUT2D eigenvalue weighted by molar-refractivity contribution is 7.86. The summed E-state index contributed by atoms with van der Waals surface area (Å²) in [5.41, 5.74) is 5.35. The second-order valence-corrected chi connectivity index (χ2v) is 6.04. The minimum absolute atomic E-state index is 0.102. The number of carbonyl (C=O) groups excluding carboxylic acids is 1. The van der Waals surface area contributed by atoms with E-state index < -0.39 is 10.2 Å². The van der Waals surface area contributed by atoms with Crippen LogP contribution in [0.15, 0.2) is 0 Å². The predicted molar refractivity (Wildman–Crippen MR) is 64.4 cm³/mol. The van der Waals surface area contributed by atoms with E-state index in [1.165, 1.54) is 15.7 Å². The number of carbonyl (C=O) groups is 1. The lowest BCUT2D eigenvalue weighted by atomic mass is 10.4. The Labute approximate surface area is 102 Å². The first-order valence-corrected chi connectivity index (χ1v) is 7.06. The molecule has 0 saturated carbocycles. The zero-order valence-corrected chi connectivity index (χ0v) is 10.9. The van der Waals surface area contributed by atoms with Crippen molar-refractivity contribution in [2.24, 2.45) is 5.73 Å². The highest BCUT2D eigenvalue weighted by Crippen LogP contribution is 2.09. The van der Waals surface area contributed by atoms with E-state index in [0.29, 0.717) is 39.0 Å². The topological polar surface area (TPSA) is 95.7 Å². The summed E-state index contributed by atoms with van der Waals surface area (Å²) in [5, 5.41) is 2.65. The molecular weight excluding hydrogens is 244 g/mol. The molecule has 0 aromatic heterocycles. The Morgan fingerprint density at radius 1 is 1.53 bits per heavy atom. The molecule has 0 unspecified atom stereocenters. The van der Waals surface area contributed by atoms with Gasteiger partial charge in [-0.05, 0) is 19.4 Å². The Bertz CT molecular complexity index is 357. The van der Waals surface area contributed by atoms with E-state index >= 15 is 0 Å². The number of nitrogens with two attached hydrogens (primary N) is 1. The third kappa shape index (κ3) is 3.91. The van der Waals surface area contributed by atoms with Gasteiger partial charge in [-0.1, -0.05) is 0 Å². The van der Waals surface area contributed by atoms with Crippen LogP contribution in [0.25, 0.3) is 0 Å². The maximum atomic E-state index is 12.1. The van der Waals surface area contributed by atoms with E-state index in [-0.39, 0.29) is 12.5 Å². The normalized spacial score (nSPS) is 19.1. The molecule has 1 amide bonds. The van der Waals surface area contributed by atoms with Gasteiger partial charge in [0, 0.05) is 26.7 Å². The fraction of sp³-hybridized carbons (Fsp3) is 0.889. The molecule has 0 aromatic rings. The highest BCUT2D eigenvalue weighted by atomic mass is 32.2. The zero-order valence-electron chi connectivity index (χ0n) is 10.1. The SMILES string of the molecule is CN(CCCN)S(=O)(=O)N1CCCNC(=O)C1. The molecule has 0 radical (unpaired) electrons. The minimum Gasteiger partial charge on any atom is -0.355 e. The third-order valence-corrected chi connectivity index (χ3v) is 4.56. The number of hydrogen-bond donors (Lipinski definition) is 2. The van der Waals surface area contributed by atoms with Crippen LogP contribution in [0, 0.1) is 0 Å². The monoisotopic (exact) mass is 264 g/mol. The maximum Gasteiger partial charge on any atom is 0.282 e. The molecule has 1 fully saturated rings. The lowest BCUT2D eigenvalue weighted by molar-refractivity contribution is -0.120. The Kier molecular flexibility index (Phi) is 5.31. The summed E-state index contributed by atoms with van der Waals surface area (Å²) in [6, 6.07) is 0. The molecule has 1 saturated heterocycles. The predicted octanol–water partition coefficient (Wildman–Crippen LogP) is -1.67. The van der Waals surface area contributed by atoms with Crippen LogP contribution in [-0.4, -0.2) is 62.7 Å². The van der Waals surface area contributed by atoms with Gasteiger partial charge in [0.15, 0.2) is 0 Å². The van der Waals surface area contributed by atoms with E-state index in [4.69, 9.17) is 5.73 Å². The molecule has 1 aliphatic rings. The summed E-state index contributed by atoms with van der Waals surface area (Å²) < 4.78 is 26.7. The van der Waals surface area contributed by atoms with Crippen molar-refractivity contribution in [2.45, 2.75) is 12.8 Å². The van der Waals surface area contributed by atoms with Crippen molar-refractivity contribution in [1.29, 1.82) is 0 Å². The van der Waals surface area contributed by atoms with Crippen molar-refractivity contribution in [3.05, 3.63) is 0 Å². The third-order valence-electron chi connectivity index (χ3n) is 2.62. The lowest BCUT2D eigenvalue weighted by Gasteiger charge is -2.25. The van der Waals surface area contributed by atoms with Crippen LogP contribution in [0.4, 0.5) is 0 Å². The first-order chi connectivity index (χ1) is 7.98. The number of hydrogen-bond acceptors (Lipinski definition) is 4. The van der Waals surface area contributed by atoms with Gasteiger partial charge < -0.3 is 11.1 Å². The van der Waals surface area contributed by atoms with Crippen LogP contribution in [0.3, 0.4) is 0 Å². The van der Waals surface area contributed by atoms with Crippen molar-refractivity contribution >= 4 is 16.1 Å². The van der Waals surface area contributed by atoms with Crippen LogP contribution >= 0.6 is 0 Å².